The number of hydrogen-bond acceptors (Lipinski definition) is 4. The number of carbonyl (C=O) groups excluding carboxylic acids is 1. The molecule has 0 fully saturated rings. The highest BCUT2D eigenvalue weighted by Gasteiger charge is 2.21. The van der Waals surface area contributed by atoms with Gasteiger partial charge in [-0.05, 0) is 30.0 Å². The zero-order chi connectivity index (χ0) is 18.7. The summed E-state index contributed by atoms with van der Waals surface area (Å²) in [6, 6.07) is 17.8. The van der Waals surface area contributed by atoms with Crippen LogP contribution in [0.5, 0.6) is 0 Å². The molecular weight excluding hydrogens is 342 g/mol. The van der Waals surface area contributed by atoms with E-state index in [9.17, 15) is 4.79 Å². The molecule has 0 radical (unpaired) electrons. The third kappa shape index (κ3) is 4.05. The van der Waals surface area contributed by atoms with E-state index < -0.39 is 0 Å². The van der Waals surface area contributed by atoms with E-state index in [2.05, 4.69) is 31.0 Å². The standard InChI is InChI=1S/C21H23N3OS/c1-15(19(25)16-10-12-17(13-11-16)21(2,3)4)26-20-23-22-14-24(20)18-8-6-5-7-9-18/h5-15H,1-4H3/t15-/m1/s1. The van der Waals surface area contributed by atoms with Gasteiger partial charge >= 0.3 is 0 Å². The zero-order valence-electron chi connectivity index (χ0n) is 15.5. The summed E-state index contributed by atoms with van der Waals surface area (Å²) in [6.45, 7) is 8.41. The number of hydrogen-bond donors (Lipinski definition) is 0. The van der Waals surface area contributed by atoms with E-state index in [0.717, 1.165) is 11.3 Å². The van der Waals surface area contributed by atoms with Gasteiger partial charge in [0.05, 0.1) is 5.25 Å². The van der Waals surface area contributed by atoms with E-state index in [1.807, 2.05) is 66.1 Å². The molecule has 5 heteroatoms. The number of nitrogens with zero attached hydrogens (tertiary/aromatic N) is 3. The summed E-state index contributed by atoms with van der Waals surface area (Å²) in [5, 5.41) is 8.65. The third-order valence-corrected chi connectivity index (χ3v) is 5.29. The predicted octanol–water partition coefficient (Wildman–Crippen LogP) is 4.93. The van der Waals surface area contributed by atoms with Crippen molar-refractivity contribution in [3.05, 3.63) is 72.1 Å². The van der Waals surface area contributed by atoms with Crippen molar-refractivity contribution >= 4 is 17.5 Å². The Hall–Kier alpha value is -2.40. The molecule has 0 aliphatic heterocycles. The molecule has 1 atom stereocenters. The van der Waals surface area contributed by atoms with E-state index >= 15 is 0 Å². The molecule has 3 rings (SSSR count). The second kappa shape index (κ2) is 7.46. The number of para-hydroxylation sites is 1. The molecule has 0 aliphatic carbocycles. The van der Waals surface area contributed by atoms with Crippen LogP contribution in [0, 0.1) is 0 Å². The first kappa shape index (κ1) is 18.4. The van der Waals surface area contributed by atoms with Gasteiger partial charge in [0.2, 0.25) is 0 Å². The van der Waals surface area contributed by atoms with Gasteiger partial charge in [-0.3, -0.25) is 9.36 Å². The van der Waals surface area contributed by atoms with Crippen molar-refractivity contribution in [2.75, 3.05) is 0 Å². The summed E-state index contributed by atoms with van der Waals surface area (Å²) in [4.78, 5) is 12.8. The number of Topliss-reactive ketones (excluding diaryl/α,β-unsaturated/α-hetero) is 1. The second-order valence-electron chi connectivity index (χ2n) is 7.27. The highest BCUT2D eigenvalue weighted by molar-refractivity contribution is 8.00. The largest absolute Gasteiger partial charge is 0.293 e. The molecule has 0 saturated heterocycles. The van der Waals surface area contributed by atoms with E-state index in [1.54, 1.807) is 6.33 Å². The van der Waals surface area contributed by atoms with Crippen LogP contribution in [0.15, 0.2) is 66.1 Å². The molecule has 0 spiro atoms. The smallest absolute Gasteiger partial charge is 0.196 e. The molecule has 134 valence electrons. The fourth-order valence-corrected chi connectivity index (χ4v) is 3.57. The lowest BCUT2D eigenvalue weighted by atomic mass is 9.86. The third-order valence-electron chi connectivity index (χ3n) is 4.24. The van der Waals surface area contributed by atoms with Crippen molar-refractivity contribution in [1.29, 1.82) is 0 Å². The Labute approximate surface area is 158 Å². The molecule has 1 aromatic heterocycles. The SMILES string of the molecule is C[C@@H](Sc1nncn1-c1ccccc1)C(=O)c1ccc(C(C)(C)C)cc1. The molecule has 0 amide bonds. The Kier molecular flexibility index (Phi) is 5.28. The Morgan fingerprint density at radius 1 is 1.04 bits per heavy atom. The molecule has 1 heterocycles. The Morgan fingerprint density at radius 3 is 2.31 bits per heavy atom. The lowest BCUT2D eigenvalue weighted by molar-refractivity contribution is 0.0994. The Morgan fingerprint density at radius 2 is 1.69 bits per heavy atom. The van der Waals surface area contributed by atoms with E-state index in [4.69, 9.17) is 0 Å². The van der Waals surface area contributed by atoms with Crippen LogP contribution >= 0.6 is 11.8 Å². The van der Waals surface area contributed by atoms with Crippen molar-refractivity contribution in [3.63, 3.8) is 0 Å². The maximum absolute atomic E-state index is 12.8. The summed E-state index contributed by atoms with van der Waals surface area (Å²) >= 11 is 1.42. The molecular formula is C21H23N3OS. The first-order valence-corrected chi connectivity index (χ1v) is 9.51. The maximum Gasteiger partial charge on any atom is 0.196 e. The summed E-state index contributed by atoms with van der Waals surface area (Å²) in [5.41, 5.74) is 3.00. The van der Waals surface area contributed by atoms with Gasteiger partial charge in [-0.2, -0.15) is 0 Å². The minimum Gasteiger partial charge on any atom is -0.293 e. The van der Waals surface area contributed by atoms with Crippen LogP contribution in [0.4, 0.5) is 0 Å². The van der Waals surface area contributed by atoms with Crippen molar-refractivity contribution in [2.45, 2.75) is 43.5 Å². The molecule has 26 heavy (non-hydrogen) atoms. The monoisotopic (exact) mass is 365 g/mol. The summed E-state index contributed by atoms with van der Waals surface area (Å²) in [7, 11) is 0. The van der Waals surface area contributed by atoms with Gasteiger partial charge in [0.15, 0.2) is 10.9 Å². The fourth-order valence-electron chi connectivity index (χ4n) is 2.65. The normalized spacial score (nSPS) is 12.8. The summed E-state index contributed by atoms with van der Waals surface area (Å²) < 4.78 is 1.90. The van der Waals surface area contributed by atoms with Gasteiger partial charge in [0, 0.05) is 11.3 Å². The van der Waals surface area contributed by atoms with Crippen molar-refractivity contribution < 1.29 is 4.79 Å². The quantitative estimate of drug-likeness (QED) is 0.475. The van der Waals surface area contributed by atoms with Gasteiger partial charge < -0.3 is 0 Å². The van der Waals surface area contributed by atoms with E-state index in [-0.39, 0.29) is 16.4 Å². The van der Waals surface area contributed by atoms with Crippen LogP contribution in [0.3, 0.4) is 0 Å². The second-order valence-corrected chi connectivity index (χ2v) is 8.58. The minimum absolute atomic E-state index is 0.0774. The van der Waals surface area contributed by atoms with E-state index in [1.165, 1.54) is 17.3 Å². The molecule has 2 aromatic carbocycles. The van der Waals surface area contributed by atoms with Crippen LogP contribution in [0.2, 0.25) is 0 Å². The Bertz CT molecular complexity index is 880. The van der Waals surface area contributed by atoms with Crippen LogP contribution < -0.4 is 0 Å². The number of thioether (sulfide) groups is 1. The zero-order valence-corrected chi connectivity index (χ0v) is 16.3. The van der Waals surface area contributed by atoms with Crippen LogP contribution in [0.1, 0.15) is 43.6 Å². The summed E-state index contributed by atoms with van der Waals surface area (Å²) in [5.74, 6) is 0.0954. The topological polar surface area (TPSA) is 47.8 Å². The first-order valence-electron chi connectivity index (χ1n) is 8.63. The number of rotatable bonds is 5. The Balaban J connectivity index is 1.76. The maximum atomic E-state index is 12.8. The van der Waals surface area contributed by atoms with Gasteiger partial charge in [0.1, 0.15) is 6.33 Å². The molecule has 4 nitrogen and oxygen atoms in total. The van der Waals surface area contributed by atoms with Gasteiger partial charge in [-0.1, -0.05) is 75.0 Å². The van der Waals surface area contributed by atoms with Crippen LogP contribution in [0.25, 0.3) is 5.69 Å². The molecule has 0 aliphatic rings. The highest BCUT2D eigenvalue weighted by atomic mass is 32.2. The molecule has 0 N–H and O–H groups in total. The van der Waals surface area contributed by atoms with Crippen LogP contribution in [-0.2, 0) is 5.41 Å². The van der Waals surface area contributed by atoms with Crippen molar-refractivity contribution in [3.8, 4) is 5.69 Å². The molecule has 0 saturated carbocycles. The number of carbonyl (C=O) groups is 1. The van der Waals surface area contributed by atoms with Crippen molar-refractivity contribution in [1.82, 2.24) is 14.8 Å². The first-order chi connectivity index (χ1) is 12.4. The molecule has 0 unspecified atom stereocenters. The summed E-state index contributed by atoms with van der Waals surface area (Å²) in [6.07, 6.45) is 1.67. The average molecular weight is 366 g/mol. The lowest BCUT2D eigenvalue weighted by Crippen LogP contribution is -2.16. The number of aromatic nitrogens is 3. The minimum atomic E-state index is -0.248. The van der Waals surface area contributed by atoms with Gasteiger partial charge in [-0.25, -0.2) is 0 Å². The molecule has 3 aromatic rings. The van der Waals surface area contributed by atoms with Gasteiger partial charge in [-0.15, -0.1) is 10.2 Å². The van der Waals surface area contributed by atoms with Crippen molar-refractivity contribution in [2.24, 2.45) is 0 Å². The van der Waals surface area contributed by atoms with Crippen LogP contribution in [-0.4, -0.2) is 25.8 Å². The average Bonchev–Trinajstić information content (AvgIpc) is 3.09. The fraction of sp³-hybridized carbons (Fsp3) is 0.286. The predicted molar refractivity (Wildman–Crippen MR) is 106 cm³/mol. The number of ketones is 1. The lowest BCUT2D eigenvalue weighted by Gasteiger charge is -2.19. The van der Waals surface area contributed by atoms with E-state index in [0.29, 0.717) is 5.16 Å². The number of benzene rings is 2. The highest BCUT2D eigenvalue weighted by Crippen LogP contribution is 2.27. The van der Waals surface area contributed by atoms with Gasteiger partial charge in [0.25, 0.3) is 0 Å². The molecule has 0 bridgehead atoms.